The molecule has 0 saturated heterocycles. The Morgan fingerprint density at radius 2 is 2.07 bits per heavy atom. The minimum atomic E-state index is -0.691. The molecule has 0 atom stereocenters. The Labute approximate surface area is 84.4 Å². The molecule has 3 heteroatoms. The number of nitrogens with zero attached hydrogens (tertiary/aromatic N) is 1. The molecular weight excluding hydrogens is 178 g/mol. The van der Waals surface area contributed by atoms with Gasteiger partial charge in [0.15, 0.2) is 0 Å². The fourth-order valence-electron chi connectivity index (χ4n) is 1.25. The molecule has 0 spiro atoms. The normalized spacial score (nSPS) is 11.7. The van der Waals surface area contributed by atoms with E-state index in [4.69, 9.17) is 0 Å². The summed E-state index contributed by atoms with van der Waals surface area (Å²) in [6.45, 7) is 5.29. The molecule has 3 nitrogen and oxygen atoms in total. The van der Waals surface area contributed by atoms with E-state index in [-0.39, 0.29) is 5.75 Å². The van der Waals surface area contributed by atoms with Crippen molar-refractivity contribution in [1.82, 2.24) is 4.98 Å². The average Bonchev–Trinajstić information content (AvgIpc) is 2.06. The van der Waals surface area contributed by atoms with E-state index in [0.29, 0.717) is 18.5 Å². The minimum absolute atomic E-state index is 0.247. The summed E-state index contributed by atoms with van der Waals surface area (Å²) in [4.78, 5) is 3.97. The molecule has 0 radical (unpaired) electrons. The average molecular weight is 195 g/mol. The molecule has 1 rings (SSSR count). The van der Waals surface area contributed by atoms with Gasteiger partial charge in [-0.25, -0.2) is 0 Å². The lowest BCUT2D eigenvalue weighted by atomic mass is 9.98. The first-order chi connectivity index (χ1) is 6.40. The monoisotopic (exact) mass is 195 g/mol. The van der Waals surface area contributed by atoms with Gasteiger partial charge < -0.3 is 10.2 Å². The molecule has 0 aliphatic heterocycles. The summed E-state index contributed by atoms with van der Waals surface area (Å²) in [6, 6.07) is 1.79. The summed E-state index contributed by atoms with van der Waals surface area (Å²) in [5.74, 6) is 0.247. The molecule has 0 bridgehead atoms. The van der Waals surface area contributed by atoms with E-state index >= 15 is 0 Å². The summed E-state index contributed by atoms with van der Waals surface area (Å²) in [6.07, 6.45) is 2.97. The fourth-order valence-corrected chi connectivity index (χ4v) is 1.25. The SMILES string of the molecule is Cc1nccc(CCC(C)(C)O)c1O. The maximum atomic E-state index is 9.65. The molecule has 14 heavy (non-hydrogen) atoms. The molecule has 0 aliphatic rings. The van der Waals surface area contributed by atoms with Gasteiger partial charge in [-0.1, -0.05) is 0 Å². The van der Waals surface area contributed by atoms with Crippen LogP contribution in [0.2, 0.25) is 0 Å². The van der Waals surface area contributed by atoms with Gasteiger partial charge in [-0.15, -0.1) is 0 Å². The number of aryl methyl sites for hydroxylation is 2. The Morgan fingerprint density at radius 3 is 2.64 bits per heavy atom. The van der Waals surface area contributed by atoms with Crippen LogP contribution in [0.25, 0.3) is 0 Å². The van der Waals surface area contributed by atoms with Crippen molar-refractivity contribution in [3.63, 3.8) is 0 Å². The van der Waals surface area contributed by atoms with Crippen molar-refractivity contribution >= 4 is 0 Å². The summed E-state index contributed by atoms with van der Waals surface area (Å²) in [7, 11) is 0. The lowest BCUT2D eigenvalue weighted by Gasteiger charge is -2.17. The first-order valence-electron chi connectivity index (χ1n) is 4.76. The van der Waals surface area contributed by atoms with E-state index in [2.05, 4.69) is 4.98 Å². The lowest BCUT2D eigenvalue weighted by Crippen LogP contribution is -2.19. The number of aromatic hydroxyl groups is 1. The van der Waals surface area contributed by atoms with Gasteiger partial charge in [-0.3, -0.25) is 4.98 Å². The third-order valence-corrected chi connectivity index (χ3v) is 2.20. The van der Waals surface area contributed by atoms with Crippen molar-refractivity contribution in [2.24, 2.45) is 0 Å². The lowest BCUT2D eigenvalue weighted by molar-refractivity contribution is 0.0712. The maximum Gasteiger partial charge on any atom is 0.139 e. The molecule has 0 aromatic carbocycles. The molecule has 2 N–H and O–H groups in total. The van der Waals surface area contributed by atoms with Crippen LogP contribution in [0, 0.1) is 6.92 Å². The van der Waals surface area contributed by atoms with Crippen LogP contribution in [-0.2, 0) is 6.42 Å². The van der Waals surface area contributed by atoms with E-state index in [1.165, 1.54) is 0 Å². The minimum Gasteiger partial charge on any atom is -0.506 e. The van der Waals surface area contributed by atoms with E-state index in [1.807, 2.05) is 0 Å². The van der Waals surface area contributed by atoms with Crippen LogP contribution in [0.5, 0.6) is 5.75 Å². The van der Waals surface area contributed by atoms with Crippen molar-refractivity contribution in [3.05, 3.63) is 23.5 Å². The van der Waals surface area contributed by atoms with E-state index < -0.39 is 5.60 Å². The largest absolute Gasteiger partial charge is 0.506 e. The first kappa shape index (κ1) is 11.0. The van der Waals surface area contributed by atoms with Crippen LogP contribution in [0.15, 0.2) is 12.3 Å². The molecule has 0 saturated carbocycles. The summed E-state index contributed by atoms with van der Waals surface area (Å²) >= 11 is 0. The Kier molecular flexibility index (Phi) is 3.11. The first-order valence-corrected chi connectivity index (χ1v) is 4.76. The number of aliphatic hydroxyl groups is 1. The molecule has 1 heterocycles. The van der Waals surface area contributed by atoms with Crippen LogP contribution >= 0.6 is 0 Å². The fraction of sp³-hybridized carbons (Fsp3) is 0.545. The molecular formula is C11H17NO2. The highest BCUT2D eigenvalue weighted by molar-refractivity contribution is 5.34. The quantitative estimate of drug-likeness (QED) is 0.773. The highest BCUT2D eigenvalue weighted by Crippen LogP contribution is 2.22. The van der Waals surface area contributed by atoms with Crippen LogP contribution in [-0.4, -0.2) is 20.8 Å². The highest BCUT2D eigenvalue weighted by atomic mass is 16.3. The Bertz CT molecular complexity index is 316. The second-order valence-corrected chi connectivity index (χ2v) is 4.22. The second-order valence-electron chi connectivity index (χ2n) is 4.22. The number of hydrogen-bond donors (Lipinski definition) is 2. The number of rotatable bonds is 3. The van der Waals surface area contributed by atoms with Gasteiger partial charge in [0.25, 0.3) is 0 Å². The third-order valence-electron chi connectivity index (χ3n) is 2.20. The smallest absolute Gasteiger partial charge is 0.139 e. The van der Waals surface area contributed by atoms with Crippen LogP contribution in [0.1, 0.15) is 31.5 Å². The Hall–Kier alpha value is -1.09. The number of pyridine rings is 1. The van der Waals surface area contributed by atoms with Gasteiger partial charge in [-0.05, 0) is 45.2 Å². The van der Waals surface area contributed by atoms with Crippen molar-refractivity contribution in [1.29, 1.82) is 0 Å². The molecule has 1 aromatic heterocycles. The van der Waals surface area contributed by atoms with Crippen LogP contribution in [0.4, 0.5) is 0 Å². The predicted molar refractivity (Wildman–Crippen MR) is 55.3 cm³/mol. The zero-order valence-corrected chi connectivity index (χ0v) is 8.91. The molecule has 78 valence electrons. The van der Waals surface area contributed by atoms with Gasteiger partial charge in [0.05, 0.1) is 11.3 Å². The van der Waals surface area contributed by atoms with Crippen LogP contribution < -0.4 is 0 Å². The van der Waals surface area contributed by atoms with E-state index in [0.717, 1.165) is 5.56 Å². The molecule has 1 aromatic rings. The topological polar surface area (TPSA) is 53.4 Å². The van der Waals surface area contributed by atoms with Crippen LogP contribution in [0.3, 0.4) is 0 Å². The van der Waals surface area contributed by atoms with Gasteiger partial charge in [0, 0.05) is 6.20 Å². The van der Waals surface area contributed by atoms with E-state index in [9.17, 15) is 10.2 Å². The summed E-state index contributed by atoms with van der Waals surface area (Å²) in [5.41, 5.74) is 0.793. The van der Waals surface area contributed by atoms with Crippen molar-refractivity contribution in [3.8, 4) is 5.75 Å². The Morgan fingerprint density at radius 1 is 1.43 bits per heavy atom. The number of aromatic nitrogens is 1. The predicted octanol–water partition coefficient (Wildman–Crippen LogP) is 1.80. The van der Waals surface area contributed by atoms with Crippen molar-refractivity contribution in [2.75, 3.05) is 0 Å². The summed E-state index contributed by atoms with van der Waals surface area (Å²) < 4.78 is 0. The van der Waals surface area contributed by atoms with Gasteiger partial charge in [-0.2, -0.15) is 0 Å². The summed E-state index contributed by atoms with van der Waals surface area (Å²) in [5, 5.41) is 19.2. The zero-order valence-electron chi connectivity index (χ0n) is 8.91. The maximum absolute atomic E-state index is 9.65. The van der Waals surface area contributed by atoms with Gasteiger partial charge in [0.1, 0.15) is 5.75 Å². The van der Waals surface area contributed by atoms with Crippen molar-refractivity contribution in [2.45, 2.75) is 39.2 Å². The molecule has 0 amide bonds. The Balaban J connectivity index is 2.73. The highest BCUT2D eigenvalue weighted by Gasteiger charge is 2.14. The molecule has 0 aliphatic carbocycles. The van der Waals surface area contributed by atoms with Gasteiger partial charge >= 0.3 is 0 Å². The zero-order chi connectivity index (χ0) is 10.8. The second kappa shape index (κ2) is 3.96. The van der Waals surface area contributed by atoms with E-state index in [1.54, 1.807) is 33.0 Å². The molecule has 0 fully saturated rings. The standard InChI is InChI=1S/C11H17NO2/c1-8-10(13)9(5-7-12-8)4-6-11(2,3)14/h5,7,13-14H,4,6H2,1-3H3. The number of hydrogen-bond acceptors (Lipinski definition) is 3. The van der Waals surface area contributed by atoms with Crippen molar-refractivity contribution < 1.29 is 10.2 Å². The van der Waals surface area contributed by atoms with Gasteiger partial charge in [0.2, 0.25) is 0 Å². The molecule has 0 unspecified atom stereocenters. The third kappa shape index (κ3) is 3.00.